The highest BCUT2D eigenvalue weighted by Gasteiger charge is 2.14. The van der Waals surface area contributed by atoms with Crippen LogP contribution in [0.25, 0.3) is 0 Å². The molecule has 0 aliphatic carbocycles. The Labute approximate surface area is 124 Å². The number of ether oxygens (including phenoxy) is 1. The molecule has 3 nitrogen and oxygen atoms in total. The zero-order valence-electron chi connectivity index (χ0n) is 9.46. The summed E-state index contributed by atoms with van der Waals surface area (Å²) in [6, 6.07) is 4.27. The highest BCUT2D eigenvalue weighted by Crippen LogP contribution is 2.36. The Morgan fingerprint density at radius 1 is 1.16 bits per heavy atom. The zero-order valence-corrected chi connectivity index (χ0v) is 11.7. The molecule has 1 aromatic heterocycles. The van der Waals surface area contributed by atoms with E-state index in [0.717, 1.165) is 0 Å². The molecule has 2 rings (SSSR count). The van der Waals surface area contributed by atoms with E-state index in [2.05, 4.69) is 4.98 Å². The van der Waals surface area contributed by atoms with E-state index in [1.165, 1.54) is 24.4 Å². The normalized spacial score (nSPS) is 10.6. The molecule has 0 saturated heterocycles. The number of rotatable bonds is 3. The van der Waals surface area contributed by atoms with Crippen LogP contribution in [0.15, 0.2) is 24.4 Å². The first-order chi connectivity index (χ1) is 9.02. The van der Waals surface area contributed by atoms with Crippen molar-refractivity contribution in [3.05, 3.63) is 50.8 Å². The van der Waals surface area contributed by atoms with Crippen LogP contribution >= 0.6 is 34.8 Å². The Balaban J connectivity index is 2.39. The van der Waals surface area contributed by atoms with Crippen molar-refractivity contribution in [1.82, 2.24) is 4.98 Å². The zero-order chi connectivity index (χ0) is 14.0. The number of nitrogens with zero attached hydrogens (tertiary/aromatic N) is 1. The van der Waals surface area contributed by atoms with Gasteiger partial charge in [-0.3, -0.25) is 0 Å². The van der Waals surface area contributed by atoms with Crippen molar-refractivity contribution < 1.29 is 9.13 Å². The maximum atomic E-state index is 13.9. The summed E-state index contributed by atoms with van der Waals surface area (Å²) < 4.78 is 19.2. The average molecular weight is 322 g/mol. The molecule has 0 amide bonds. The summed E-state index contributed by atoms with van der Waals surface area (Å²) in [5.41, 5.74) is 5.69. The lowest BCUT2D eigenvalue weighted by atomic mass is 10.2. The van der Waals surface area contributed by atoms with E-state index >= 15 is 0 Å². The summed E-state index contributed by atoms with van der Waals surface area (Å²) in [4.78, 5) is 3.79. The molecule has 0 unspecified atom stereocenters. The minimum Gasteiger partial charge on any atom is -0.435 e. The van der Waals surface area contributed by atoms with Crippen molar-refractivity contribution in [2.75, 3.05) is 0 Å². The van der Waals surface area contributed by atoms with Crippen LogP contribution in [0.2, 0.25) is 15.1 Å². The monoisotopic (exact) mass is 320 g/mol. The van der Waals surface area contributed by atoms with E-state index in [1.807, 2.05) is 0 Å². The lowest BCUT2D eigenvalue weighted by Crippen LogP contribution is -2.02. The Bertz CT molecular complexity index is 622. The summed E-state index contributed by atoms with van der Waals surface area (Å²) in [6.45, 7) is 0.0415. The van der Waals surface area contributed by atoms with Crippen molar-refractivity contribution >= 4 is 34.8 Å². The van der Waals surface area contributed by atoms with Gasteiger partial charge in [-0.25, -0.2) is 9.37 Å². The van der Waals surface area contributed by atoms with Crippen LogP contribution in [0.5, 0.6) is 11.6 Å². The fraction of sp³-hybridized carbons (Fsp3) is 0.0833. The number of hydrogen-bond acceptors (Lipinski definition) is 3. The van der Waals surface area contributed by atoms with Gasteiger partial charge < -0.3 is 10.5 Å². The van der Waals surface area contributed by atoms with Crippen LogP contribution in [0.4, 0.5) is 4.39 Å². The number of aromatic nitrogens is 1. The second-order valence-corrected chi connectivity index (χ2v) is 4.81. The molecule has 1 aromatic carbocycles. The van der Waals surface area contributed by atoms with Gasteiger partial charge in [0, 0.05) is 24.4 Å². The molecular weight excluding hydrogens is 314 g/mol. The Morgan fingerprint density at radius 2 is 1.84 bits per heavy atom. The largest absolute Gasteiger partial charge is 0.435 e. The molecule has 1 heterocycles. The van der Waals surface area contributed by atoms with Crippen LogP contribution in [0.1, 0.15) is 5.56 Å². The van der Waals surface area contributed by atoms with Crippen LogP contribution in [0.3, 0.4) is 0 Å². The predicted octanol–water partition coefficient (Wildman–Crippen LogP) is 4.43. The highest BCUT2D eigenvalue weighted by atomic mass is 35.5. The Kier molecular flexibility index (Phi) is 4.47. The van der Waals surface area contributed by atoms with E-state index < -0.39 is 5.82 Å². The summed E-state index contributed by atoms with van der Waals surface area (Å²) in [5.74, 6) is -0.688. The average Bonchev–Trinajstić information content (AvgIpc) is 2.38. The molecule has 0 bridgehead atoms. The third-order valence-electron chi connectivity index (χ3n) is 2.34. The lowest BCUT2D eigenvalue weighted by molar-refractivity contribution is 0.419. The van der Waals surface area contributed by atoms with Crippen molar-refractivity contribution in [3.63, 3.8) is 0 Å². The summed E-state index contributed by atoms with van der Waals surface area (Å²) in [6.07, 6.45) is 1.39. The molecule has 2 N–H and O–H groups in total. The molecule has 2 aromatic rings. The Hall–Kier alpha value is -1.07. The SMILES string of the molecule is NCc1ccnc(Oc2cc(Cl)c(Cl)cc2Cl)c1F. The van der Waals surface area contributed by atoms with Gasteiger partial charge in [0.05, 0.1) is 15.1 Å². The molecule has 0 radical (unpaired) electrons. The second-order valence-electron chi connectivity index (χ2n) is 3.59. The Morgan fingerprint density at radius 3 is 2.53 bits per heavy atom. The number of benzene rings is 1. The molecule has 0 spiro atoms. The summed E-state index contributed by atoms with van der Waals surface area (Å²) >= 11 is 17.6. The van der Waals surface area contributed by atoms with Crippen LogP contribution in [-0.2, 0) is 6.54 Å². The minimum absolute atomic E-state index is 0.0415. The van der Waals surface area contributed by atoms with E-state index in [9.17, 15) is 4.39 Å². The standard InChI is InChI=1S/C12H8Cl3FN2O/c13-7-3-9(15)10(4-8(7)14)19-12-11(16)6(5-17)1-2-18-12/h1-4H,5,17H2. The van der Waals surface area contributed by atoms with Crippen LogP contribution in [0, 0.1) is 5.82 Å². The summed E-state index contributed by atoms with van der Waals surface area (Å²) in [5, 5.41) is 0.730. The molecule has 19 heavy (non-hydrogen) atoms. The molecule has 0 aliphatic rings. The van der Waals surface area contributed by atoms with E-state index in [4.69, 9.17) is 45.3 Å². The second kappa shape index (κ2) is 5.92. The molecule has 100 valence electrons. The number of halogens is 4. The summed E-state index contributed by atoms with van der Waals surface area (Å²) in [7, 11) is 0. The first-order valence-corrected chi connectivity index (χ1v) is 6.32. The van der Waals surface area contributed by atoms with Gasteiger partial charge in [-0.05, 0) is 12.1 Å². The van der Waals surface area contributed by atoms with Gasteiger partial charge in [0.1, 0.15) is 5.75 Å². The highest BCUT2D eigenvalue weighted by molar-refractivity contribution is 6.43. The quantitative estimate of drug-likeness (QED) is 0.851. The molecule has 0 aliphatic heterocycles. The van der Waals surface area contributed by atoms with Crippen LogP contribution in [-0.4, -0.2) is 4.98 Å². The third kappa shape index (κ3) is 3.09. The van der Waals surface area contributed by atoms with Gasteiger partial charge in [0.15, 0.2) is 5.82 Å². The number of pyridine rings is 1. The van der Waals surface area contributed by atoms with Crippen molar-refractivity contribution in [3.8, 4) is 11.6 Å². The van der Waals surface area contributed by atoms with Gasteiger partial charge in [0.25, 0.3) is 5.88 Å². The molecular formula is C12H8Cl3FN2O. The fourth-order valence-electron chi connectivity index (χ4n) is 1.38. The molecule has 0 atom stereocenters. The minimum atomic E-state index is -0.632. The first kappa shape index (κ1) is 14.3. The maximum Gasteiger partial charge on any atom is 0.256 e. The van der Waals surface area contributed by atoms with E-state index in [0.29, 0.717) is 5.56 Å². The molecule has 0 saturated carbocycles. The number of hydrogen-bond donors (Lipinski definition) is 1. The van der Waals surface area contributed by atoms with Gasteiger partial charge in [-0.2, -0.15) is 0 Å². The molecule has 7 heteroatoms. The van der Waals surface area contributed by atoms with Gasteiger partial charge in [-0.1, -0.05) is 34.8 Å². The number of nitrogens with two attached hydrogens (primary N) is 1. The fourth-order valence-corrected chi connectivity index (χ4v) is 1.95. The topological polar surface area (TPSA) is 48.1 Å². The van der Waals surface area contributed by atoms with Crippen molar-refractivity contribution in [2.24, 2.45) is 5.73 Å². The first-order valence-electron chi connectivity index (χ1n) is 5.18. The predicted molar refractivity (Wildman–Crippen MR) is 73.6 cm³/mol. The lowest BCUT2D eigenvalue weighted by Gasteiger charge is -2.10. The van der Waals surface area contributed by atoms with Gasteiger partial charge in [0.2, 0.25) is 0 Å². The van der Waals surface area contributed by atoms with Crippen LogP contribution < -0.4 is 10.5 Å². The van der Waals surface area contributed by atoms with Crippen molar-refractivity contribution in [1.29, 1.82) is 0 Å². The smallest absolute Gasteiger partial charge is 0.256 e. The van der Waals surface area contributed by atoms with Crippen molar-refractivity contribution in [2.45, 2.75) is 6.54 Å². The maximum absolute atomic E-state index is 13.9. The van der Waals surface area contributed by atoms with Gasteiger partial charge >= 0.3 is 0 Å². The molecule has 0 fully saturated rings. The van der Waals surface area contributed by atoms with Gasteiger partial charge in [-0.15, -0.1) is 0 Å². The van der Waals surface area contributed by atoms with E-state index in [1.54, 1.807) is 0 Å². The third-order valence-corrected chi connectivity index (χ3v) is 3.36. The van der Waals surface area contributed by atoms with E-state index in [-0.39, 0.29) is 33.2 Å².